The largest absolute Gasteiger partial charge is 0.497 e. The Morgan fingerprint density at radius 1 is 1.45 bits per heavy atom. The summed E-state index contributed by atoms with van der Waals surface area (Å²) >= 11 is 0. The fraction of sp³-hybridized carbons (Fsp3) is 0.429. The Labute approximate surface area is 116 Å². The Kier molecular flexibility index (Phi) is 4.12. The highest BCUT2D eigenvalue weighted by Gasteiger charge is 2.36. The van der Waals surface area contributed by atoms with Crippen LogP contribution in [0.25, 0.3) is 0 Å². The van der Waals surface area contributed by atoms with Gasteiger partial charge in [-0.2, -0.15) is 0 Å². The molecule has 0 radical (unpaired) electrons. The smallest absolute Gasteiger partial charge is 0.415 e. The zero-order valence-corrected chi connectivity index (χ0v) is 11.5. The average molecular weight is 279 g/mol. The minimum Gasteiger partial charge on any atom is -0.497 e. The van der Waals surface area contributed by atoms with Crippen LogP contribution < -0.4 is 9.64 Å². The second-order valence-corrected chi connectivity index (χ2v) is 4.46. The number of hydrogen-bond acceptors (Lipinski definition) is 4. The van der Waals surface area contributed by atoms with Crippen molar-refractivity contribution >= 4 is 17.7 Å². The molecule has 1 N–H and O–H groups in total. The third-order valence-electron chi connectivity index (χ3n) is 3.29. The Hall–Kier alpha value is -2.24. The second-order valence-electron chi connectivity index (χ2n) is 4.46. The van der Waals surface area contributed by atoms with Crippen LogP contribution >= 0.6 is 0 Å². The van der Waals surface area contributed by atoms with Crippen molar-refractivity contribution in [2.75, 3.05) is 18.6 Å². The maximum absolute atomic E-state index is 12.0. The molecule has 0 aliphatic carbocycles. The highest BCUT2D eigenvalue weighted by molar-refractivity contribution is 5.96. The van der Waals surface area contributed by atoms with E-state index < -0.39 is 18.1 Å². The molecule has 2 rings (SSSR count). The predicted molar refractivity (Wildman–Crippen MR) is 72.2 cm³/mol. The van der Waals surface area contributed by atoms with Crippen molar-refractivity contribution in [2.45, 2.75) is 25.8 Å². The van der Waals surface area contributed by atoms with Gasteiger partial charge in [0.2, 0.25) is 0 Å². The zero-order chi connectivity index (χ0) is 14.7. The van der Waals surface area contributed by atoms with Crippen molar-refractivity contribution in [1.29, 1.82) is 0 Å². The van der Waals surface area contributed by atoms with E-state index in [1.807, 2.05) is 6.07 Å². The molecule has 6 heteroatoms. The molecule has 1 unspecified atom stereocenters. The number of nitrogens with zero attached hydrogens (tertiary/aromatic N) is 1. The summed E-state index contributed by atoms with van der Waals surface area (Å²) in [7, 11) is 1.56. The number of hydrogen-bond donors (Lipinski definition) is 1. The normalized spacial score (nSPS) is 17.3. The predicted octanol–water partition coefficient (Wildman–Crippen LogP) is 2.06. The molecular formula is C14H17NO5. The van der Waals surface area contributed by atoms with Crippen LogP contribution in [0.4, 0.5) is 10.5 Å². The molecular weight excluding hydrogens is 262 g/mol. The lowest BCUT2D eigenvalue weighted by atomic mass is 9.96. The first kappa shape index (κ1) is 14.2. The lowest BCUT2D eigenvalue weighted by Gasteiger charge is -2.34. The number of carbonyl (C=O) groups excluding carboxylic acids is 1. The summed E-state index contributed by atoms with van der Waals surface area (Å²) in [6.07, 6.45) is 0.305. The number of fused-ring (bicyclic) bond motifs is 1. The molecule has 1 aliphatic rings. The standard InChI is InChI=1S/C14H17NO5/c1-3-20-14(18)15-11-7-5-10(19-2)8-9(11)4-6-12(15)13(16)17/h5,7-8,12H,3-4,6H2,1-2H3,(H,16,17). The van der Waals surface area contributed by atoms with Gasteiger partial charge in [0.1, 0.15) is 11.8 Å². The fourth-order valence-corrected chi connectivity index (χ4v) is 2.37. The number of aryl methyl sites for hydroxylation is 1. The van der Waals surface area contributed by atoms with Crippen LogP contribution in [-0.4, -0.2) is 36.9 Å². The van der Waals surface area contributed by atoms with Crippen molar-refractivity contribution in [1.82, 2.24) is 0 Å². The number of carboxylic acids is 1. The molecule has 20 heavy (non-hydrogen) atoms. The Morgan fingerprint density at radius 3 is 2.80 bits per heavy atom. The summed E-state index contributed by atoms with van der Waals surface area (Å²) in [5.41, 5.74) is 1.46. The minimum absolute atomic E-state index is 0.202. The summed E-state index contributed by atoms with van der Waals surface area (Å²) in [6.45, 7) is 1.89. The Bertz CT molecular complexity index is 528. The fourth-order valence-electron chi connectivity index (χ4n) is 2.37. The maximum atomic E-state index is 12.0. The van der Waals surface area contributed by atoms with E-state index in [2.05, 4.69) is 0 Å². The van der Waals surface area contributed by atoms with Crippen LogP contribution in [0, 0.1) is 0 Å². The van der Waals surface area contributed by atoms with Gasteiger partial charge < -0.3 is 14.6 Å². The van der Waals surface area contributed by atoms with Gasteiger partial charge in [-0.25, -0.2) is 9.59 Å². The topological polar surface area (TPSA) is 76.1 Å². The van der Waals surface area contributed by atoms with Gasteiger partial charge in [-0.3, -0.25) is 4.90 Å². The van der Waals surface area contributed by atoms with E-state index in [-0.39, 0.29) is 6.61 Å². The maximum Gasteiger partial charge on any atom is 0.415 e. The molecule has 1 atom stereocenters. The molecule has 0 spiro atoms. The number of ether oxygens (including phenoxy) is 2. The summed E-state index contributed by atoms with van der Waals surface area (Å²) in [5.74, 6) is -0.346. The summed E-state index contributed by atoms with van der Waals surface area (Å²) in [5, 5.41) is 9.28. The van der Waals surface area contributed by atoms with Gasteiger partial charge >= 0.3 is 12.1 Å². The third kappa shape index (κ3) is 2.54. The molecule has 0 fully saturated rings. The number of aliphatic carboxylic acids is 1. The highest BCUT2D eigenvalue weighted by Crippen LogP contribution is 2.34. The van der Waals surface area contributed by atoms with Crippen LogP contribution in [0.5, 0.6) is 5.75 Å². The van der Waals surface area contributed by atoms with Crippen LogP contribution in [0.1, 0.15) is 18.9 Å². The molecule has 0 saturated carbocycles. The number of methoxy groups -OCH3 is 1. The van der Waals surface area contributed by atoms with E-state index in [9.17, 15) is 14.7 Å². The lowest BCUT2D eigenvalue weighted by molar-refractivity contribution is -0.138. The number of rotatable bonds is 3. The van der Waals surface area contributed by atoms with Gasteiger partial charge in [-0.1, -0.05) is 0 Å². The van der Waals surface area contributed by atoms with Crippen molar-refractivity contribution in [3.05, 3.63) is 23.8 Å². The highest BCUT2D eigenvalue weighted by atomic mass is 16.6. The zero-order valence-electron chi connectivity index (χ0n) is 11.5. The summed E-state index contributed by atoms with van der Waals surface area (Å²) in [6, 6.07) is 4.32. The van der Waals surface area contributed by atoms with E-state index in [4.69, 9.17) is 9.47 Å². The van der Waals surface area contributed by atoms with E-state index in [0.717, 1.165) is 5.56 Å². The van der Waals surface area contributed by atoms with Crippen LogP contribution in [-0.2, 0) is 16.0 Å². The first-order valence-corrected chi connectivity index (χ1v) is 6.44. The molecule has 1 aromatic carbocycles. The quantitative estimate of drug-likeness (QED) is 0.916. The van der Waals surface area contributed by atoms with Gasteiger partial charge in [0, 0.05) is 0 Å². The average Bonchev–Trinajstić information content (AvgIpc) is 2.45. The molecule has 0 saturated heterocycles. The summed E-state index contributed by atoms with van der Waals surface area (Å²) in [4.78, 5) is 24.6. The monoisotopic (exact) mass is 279 g/mol. The minimum atomic E-state index is -1.03. The van der Waals surface area contributed by atoms with Crippen molar-refractivity contribution < 1.29 is 24.2 Å². The molecule has 1 aliphatic heterocycles. The van der Waals surface area contributed by atoms with Gasteiger partial charge in [-0.15, -0.1) is 0 Å². The number of anilines is 1. The van der Waals surface area contributed by atoms with Crippen LogP contribution in [0.2, 0.25) is 0 Å². The van der Waals surface area contributed by atoms with Crippen molar-refractivity contribution in [2.24, 2.45) is 0 Å². The van der Waals surface area contributed by atoms with E-state index in [1.165, 1.54) is 4.90 Å². The summed E-state index contributed by atoms with van der Waals surface area (Å²) < 4.78 is 10.1. The SMILES string of the molecule is CCOC(=O)N1c2ccc(OC)cc2CCC1C(=O)O. The number of carbonyl (C=O) groups is 2. The molecule has 0 bridgehead atoms. The first-order valence-electron chi connectivity index (χ1n) is 6.44. The van der Waals surface area contributed by atoms with E-state index in [1.54, 1.807) is 26.2 Å². The Balaban J connectivity index is 2.42. The lowest BCUT2D eigenvalue weighted by Crippen LogP contribution is -2.48. The molecule has 1 amide bonds. The number of benzene rings is 1. The van der Waals surface area contributed by atoms with E-state index >= 15 is 0 Å². The Morgan fingerprint density at radius 2 is 2.20 bits per heavy atom. The van der Waals surface area contributed by atoms with Gasteiger partial charge in [-0.05, 0) is 43.5 Å². The molecule has 1 heterocycles. The number of amides is 1. The molecule has 0 aromatic heterocycles. The van der Waals surface area contributed by atoms with E-state index in [0.29, 0.717) is 24.3 Å². The molecule has 1 aromatic rings. The van der Waals surface area contributed by atoms with Crippen LogP contribution in [0.15, 0.2) is 18.2 Å². The van der Waals surface area contributed by atoms with Crippen molar-refractivity contribution in [3.63, 3.8) is 0 Å². The van der Waals surface area contributed by atoms with Gasteiger partial charge in [0.25, 0.3) is 0 Å². The molecule has 108 valence electrons. The van der Waals surface area contributed by atoms with Crippen molar-refractivity contribution in [3.8, 4) is 5.75 Å². The molecule has 6 nitrogen and oxygen atoms in total. The first-order chi connectivity index (χ1) is 9.58. The third-order valence-corrected chi connectivity index (χ3v) is 3.29. The van der Waals surface area contributed by atoms with Gasteiger partial charge in [0.05, 0.1) is 19.4 Å². The second kappa shape index (κ2) is 5.81. The van der Waals surface area contributed by atoms with Crippen LogP contribution in [0.3, 0.4) is 0 Å². The number of carboxylic acid groups (broad SMARTS) is 1. The van der Waals surface area contributed by atoms with Gasteiger partial charge in [0.15, 0.2) is 0 Å².